The number of halogens is 2. The lowest BCUT2D eigenvalue weighted by Crippen LogP contribution is -2.24. The zero-order valence-corrected chi connectivity index (χ0v) is 12.8. The van der Waals surface area contributed by atoms with Gasteiger partial charge < -0.3 is 9.84 Å². The number of hydrogen-bond acceptors (Lipinski definition) is 4. The number of amides is 1. The first-order valence-electron chi connectivity index (χ1n) is 6.23. The zero-order valence-electron chi connectivity index (χ0n) is 11.3. The average Bonchev–Trinajstić information content (AvgIpc) is 2.48. The Labute approximate surface area is 137 Å². The second-order valence-corrected chi connectivity index (χ2v) is 5.09. The van der Waals surface area contributed by atoms with Crippen LogP contribution in [0.25, 0.3) is 0 Å². The smallest absolute Gasteiger partial charge is 0.277 e. The standard InChI is InChI=1S/C15H12Cl2N2O3/c16-11-3-6-14(13(17)7-11)22-9-15(21)19-18-8-10-1-4-12(20)5-2-10/h1-8,20H,9H2,(H,19,21)/b18-8-. The second-order valence-electron chi connectivity index (χ2n) is 4.25. The van der Waals surface area contributed by atoms with E-state index in [9.17, 15) is 4.79 Å². The van der Waals surface area contributed by atoms with Crippen LogP contribution in [-0.2, 0) is 4.79 Å². The molecule has 0 aliphatic rings. The van der Waals surface area contributed by atoms with Crippen molar-refractivity contribution in [1.82, 2.24) is 5.43 Å². The summed E-state index contributed by atoms with van der Waals surface area (Å²) in [6, 6.07) is 11.1. The molecule has 0 radical (unpaired) electrons. The molecule has 0 atom stereocenters. The molecule has 0 aromatic heterocycles. The van der Waals surface area contributed by atoms with Gasteiger partial charge in [0.25, 0.3) is 5.91 Å². The molecule has 2 N–H and O–H groups in total. The van der Waals surface area contributed by atoms with Crippen molar-refractivity contribution in [3.05, 3.63) is 58.1 Å². The summed E-state index contributed by atoms with van der Waals surface area (Å²) >= 11 is 11.7. The number of carbonyl (C=O) groups is 1. The Balaban J connectivity index is 1.81. The van der Waals surface area contributed by atoms with Crippen molar-refractivity contribution in [2.75, 3.05) is 6.61 Å². The van der Waals surface area contributed by atoms with Gasteiger partial charge in [0.1, 0.15) is 11.5 Å². The quantitative estimate of drug-likeness (QED) is 0.649. The van der Waals surface area contributed by atoms with E-state index in [1.807, 2.05) is 0 Å². The first-order chi connectivity index (χ1) is 10.5. The largest absolute Gasteiger partial charge is 0.508 e. The van der Waals surface area contributed by atoms with Crippen LogP contribution in [0, 0.1) is 0 Å². The third-order valence-electron chi connectivity index (χ3n) is 2.55. The molecule has 0 spiro atoms. The molecule has 5 nitrogen and oxygen atoms in total. The van der Waals surface area contributed by atoms with Crippen LogP contribution in [0.2, 0.25) is 10.0 Å². The van der Waals surface area contributed by atoms with Gasteiger partial charge in [-0.05, 0) is 48.0 Å². The fraction of sp³-hybridized carbons (Fsp3) is 0.0667. The van der Waals surface area contributed by atoms with Crippen molar-refractivity contribution in [3.8, 4) is 11.5 Å². The number of rotatable bonds is 5. The summed E-state index contributed by atoms with van der Waals surface area (Å²) in [6.07, 6.45) is 1.45. The van der Waals surface area contributed by atoms with Gasteiger partial charge >= 0.3 is 0 Å². The Morgan fingerprint density at radius 1 is 1.23 bits per heavy atom. The summed E-state index contributed by atoms with van der Waals surface area (Å²) in [5, 5.41) is 13.7. The molecule has 0 bridgehead atoms. The van der Waals surface area contributed by atoms with Gasteiger partial charge in [0, 0.05) is 5.02 Å². The molecule has 114 valence electrons. The van der Waals surface area contributed by atoms with Crippen molar-refractivity contribution >= 4 is 35.3 Å². The third kappa shape index (κ3) is 4.95. The molecule has 0 unspecified atom stereocenters. The van der Waals surface area contributed by atoms with E-state index in [0.717, 1.165) is 5.56 Å². The van der Waals surface area contributed by atoms with Crippen LogP contribution >= 0.6 is 23.2 Å². The number of aromatic hydroxyl groups is 1. The average molecular weight is 339 g/mol. The van der Waals surface area contributed by atoms with E-state index in [-0.39, 0.29) is 12.4 Å². The molecule has 2 aromatic carbocycles. The normalized spacial score (nSPS) is 10.6. The highest BCUT2D eigenvalue weighted by Crippen LogP contribution is 2.27. The molecule has 2 aromatic rings. The van der Waals surface area contributed by atoms with E-state index in [0.29, 0.717) is 15.8 Å². The number of ether oxygens (including phenoxy) is 1. The van der Waals surface area contributed by atoms with Crippen molar-refractivity contribution in [3.63, 3.8) is 0 Å². The Morgan fingerprint density at radius 3 is 2.64 bits per heavy atom. The minimum Gasteiger partial charge on any atom is -0.508 e. The van der Waals surface area contributed by atoms with Crippen molar-refractivity contribution in [2.24, 2.45) is 5.10 Å². The molecule has 1 amide bonds. The molecule has 0 fully saturated rings. The molecule has 22 heavy (non-hydrogen) atoms. The maximum atomic E-state index is 11.6. The molecular formula is C15H12Cl2N2O3. The van der Waals surface area contributed by atoms with Crippen LogP contribution in [0.1, 0.15) is 5.56 Å². The SMILES string of the molecule is O=C(COc1ccc(Cl)cc1Cl)N/N=C\c1ccc(O)cc1. The number of phenolic OH excluding ortho intramolecular Hbond substituents is 1. The predicted octanol–water partition coefficient (Wildman–Crippen LogP) is 3.23. The lowest BCUT2D eigenvalue weighted by molar-refractivity contribution is -0.123. The summed E-state index contributed by atoms with van der Waals surface area (Å²) in [7, 11) is 0. The third-order valence-corrected chi connectivity index (χ3v) is 3.08. The number of benzene rings is 2. The Hall–Kier alpha value is -2.24. The number of hydrogen-bond donors (Lipinski definition) is 2. The monoisotopic (exact) mass is 338 g/mol. The van der Waals surface area contributed by atoms with Crippen LogP contribution < -0.4 is 10.2 Å². The second kappa shape index (κ2) is 7.68. The van der Waals surface area contributed by atoms with E-state index >= 15 is 0 Å². The van der Waals surface area contributed by atoms with E-state index in [2.05, 4.69) is 10.5 Å². The van der Waals surface area contributed by atoms with Gasteiger partial charge in [-0.2, -0.15) is 5.10 Å². The lowest BCUT2D eigenvalue weighted by atomic mass is 10.2. The Kier molecular flexibility index (Phi) is 5.63. The van der Waals surface area contributed by atoms with Crippen LogP contribution in [0.15, 0.2) is 47.6 Å². The summed E-state index contributed by atoms with van der Waals surface area (Å²) in [4.78, 5) is 11.6. The molecule has 0 heterocycles. The van der Waals surface area contributed by atoms with Gasteiger partial charge in [0.05, 0.1) is 11.2 Å². The minimum absolute atomic E-state index is 0.162. The molecule has 0 aliphatic heterocycles. The van der Waals surface area contributed by atoms with Crippen LogP contribution in [0.3, 0.4) is 0 Å². The number of nitrogens with one attached hydrogen (secondary N) is 1. The fourth-order valence-corrected chi connectivity index (χ4v) is 1.97. The lowest BCUT2D eigenvalue weighted by Gasteiger charge is -2.06. The maximum Gasteiger partial charge on any atom is 0.277 e. The Morgan fingerprint density at radius 2 is 1.95 bits per heavy atom. The van der Waals surface area contributed by atoms with Crippen LogP contribution in [0.5, 0.6) is 11.5 Å². The van der Waals surface area contributed by atoms with Crippen molar-refractivity contribution in [1.29, 1.82) is 0 Å². The van der Waals surface area contributed by atoms with Gasteiger partial charge in [0.15, 0.2) is 6.61 Å². The van der Waals surface area contributed by atoms with Crippen LogP contribution in [0.4, 0.5) is 0 Å². The summed E-state index contributed by atoms with van der Waals surface area (Å²) < 4.78 is 5.26. The predicted molar refractivity (Wildman–Crippen MR) is 85.8 cm³/mol. The number of nitrogens with zero attached hydrogens (tertiary/aromatic N) is 1. The summed E-state index contributed by atoms with van der Waals surface area (Å²) in [5.41, 5.74) is 3.06. The first-order valence-corrected chi connectivity index (χ1v) is 6.99. The molecule has 0 aliphatic carbocycles. The molecular weight excluding hydrogens is 327 g/mol. The van der Waals surface area contributed by atoms with E-state index in [1.54, 1.807) is 24.3 Å². The van der Waals surface area contributed by atoms with Gasteiger partial charge in [0.2, 0.25) is 0 Å². The topological polar surface area (TPSA) is 70.9 Å². The minimum atomic E-state index is -0.430. The molecule has 0 saturated carbocycles. The summed E-state index contributed by atoms with van der Waals surface area (Å²) in [5.74, 6) is 0.0965. The van der Waals surface area contributed by atoms with Crippen molar-refractivity contribution < 1.29 is 14.6 Å². The summed E-state index contributed by atoms with van der Waals surface area (Å²) in [6.45, 7) is -0.228. The Bertz CT molecular complexity index is 688. The van der Waals surface area contributed by atoms with Crippen LogP contribution in [-0.4, -0.2) is 23.8 Å². The van der Waals surface area contributed by atoms with Gasteiger partial charge in [-0.1, -0.05) is 23.2 Å². The molecule has 7 heteroatoms. The van der Waals surface area contributed by atoms with Gasteiger partial charge in [-0.15, -0.1) is 0 Å². The fourth-order valence-electron chi connectivity index (χ4n) is 1.51. The van der Waals surface area contributed by atoms with E-state index < -0.39 is 5.91 Å². The number of phenols is 1. The zero-order chi connectivity index (χ0) is 15.9. The number of hydrazone groups is 1. The highest BCUT2D eigenvalue weighted by atomic mass is 35.5. The molecule has 0 saturated heterocycles. The highest BCUT2D eigenvalue weighted by Gasteiger charge is 2.05. The highest BCUT2D eigenvalue weighted by molar-refractivity contribution is 6.35. The van der Waals surface area contributed by atoms with Gasteiger partial charge in [-0.3, -0.25) is 4.79 Å². The van der Waals surface area contributed by atoms with E-state index in [1.165, 1.54) is 24.4 Å². The first kappa shape index (κ1) is 16.1. The van der Waals surface area contributed by atoms with E-state index in [4.69, 9.17) is 33.0 Å². The molecule has 2 rings (SSSR count). The maximum absolute atomic E-state index is 11.6. The van der Waals surface area contributed by atoms with Crippen molar-refractivity contribution in [2.45, 2.75) is 0 Å². The van der Waals surface area contributed by atoms with Gasteiger partial charge in [-0.25, -0.2) is 5.43 Å². The number of carbonyl (C=O) groups excluding carboxylic acids is 1.